The summed E-state index contributed by atoms with van der Waals surface area (Å²) in [7, 11) is 0. The van der Waals surface area contributed by atoms with Gasteiger partial charge in [-0.1, -0.05) is 29.8 Å². The fourth-order valence-electron chi connectivity index (χ4n) is 2.54. The molecule has 0 unspecified atom stereocenters. The Morgan fingerprint density at radius 3 is 2.70 bits per heavy atom. The predicted octanol–water partition coefficient (Wildman–Crippen LogP) is 2.53. The highest BCUT2D eigenvalue weighted by atomic mass is 35.5. The normalized spacial score (nSPS) is 16.3. The minimum Gasteiger partial charge on any atom is -0.378 e. The molecule has 1 fully saturated rings. The van der Waals surface area contributed by atoms with Gasteiger partial charge in [0.15, 0.2) is 0 Å². The molecule has 5 nitrogen and oxygen atoms in total. The standard InChI is InChI=1S/C16H17ClN2O3S/c1-10(16(21)19-6-8-22-9-7-19)18-15(20)14-13(17)11-4-2-3-5-12(11)23-14/h2-5,10H,6-9H2,1H3,(H,18,20)/t10-/m1/s1. The van der Waals surface area contributed by atoms with Crippen molar-refractivity contribution in [2.45, 2.75) is 13.0 Å². The van der Waals surface area contributed by atoms with Gasteiger partial charge >= 0.3 is 0 Å². The fraction of sp³-hybridized carbons (Fsp3) is 0.375. The molecular weight excluding hydrogens is 336 g/mol. The number of halogens is 1. The van der Waals surface area contributed by atoms with Crippen molar-refractivity contribution in [3.8, 4) is 0 Å². The maximum atomic E-state index is 12.5. The Morgan fingerprint density at radius 2 is 2.00 bits per heavy atom. The number of rotatable bonds is 3. The molecule has 1 aliphatic rings. The first-order valence-corrected chi connectivity index (χ1v) is 8.62. The van der Waals surface area contributed by atoms with Crippen LogP contribution < -0.4 is 5.32 Å². The van der Waals surface area contributed by atoms with Gasteiger partial charge < -0.3 is 15.0 Å². The number of carbonyl (C=O) groups is 2. The van der Waals surface area contributed by atoms with Gasteiger partial charge in [0.1, 0.15) is 10.9 Å². The molecule has 1 saturated heterocycles. The molecule has 1 aromatic heterocycles. The molecular formula is C16H17ClN2O3S. The fourth-order valence-corrected chi connectivity index (χ4v) is 3.96. The summed E-state index contributed by atoms with van der Waals surface area (Å²) in [5, 5.41) is 4.05. The van der Waals surface area contributed by atoms with Crippen LogP contribution in [0.2, 0.25) is 5.02 Å². The van der Waals surface area contributed by atoms with Crippen LogP contribution in [-0.2, 0) is 9.53 Å². The van der Waals surface area contributed by atoms with E-state index < -0.39 is 6.04 Å². The third-order valence-electron chi connectivity index (χ3n) is 3.78. The molecule has 0 aliphatic carbocycles. The highest BCUT2D eigenvalue weighted by Gasteiger charge is 2.25. The number of ether oxygens (including phenoxy) is 1. The van der Waals surface area contributed by atoms with Gasteiger partial charge in [-0.3, -0.25) is 9.59 Å². The van der Waals surface area contributed by atoms with E-state index >= 15 is 0 Å². The van der Waals surface area contributed by atoms with Gasteiger partial charge in [-0.05, 0) is 13.0 Å². The highest BCUT2D eigenvalue weighted by Crippen LogP contribution is 2.35. The molecule has 2 amide bonds. The lowest BCUT2D eigenvalue weighted by Crippen LogP contribution is -2.50. The number of amides is 2. The van der Waals surface area contributed by atoms with Crippen molar-refractivity contribution in [2.75, 3.05) is 26.3 Å². The van der Waals surface area contributed by atoms with Crippen molar-refractivity contribution in [3.05, 3.63) is 34.2 Å². The SMILES string of the molecule is C[C@@H](NC(=O)c1sc2ccccc2c1Cl)C(=O)N1CCOCC1. The molecule has 122 valence electrons. The summed E-state index contributed by atoms with van der Waals surface area (Å²) < 4.78 is 6.19. The minimum absolute atomic E-state index is 0.0983. The second-order valence-corrected chi connectivity index (χ2v) is 6.80. The number of benzene rings is 1. The molecule has 1 N–H and O–H groups in total. The van der Waals surface area contributed by atoms with E-state index in [0.717, 1.165) is 10.1 Å². The average Bonchev–Trinajstić information content (AvgIpc) is 2.92. The van der Waals surface area contributed by atoms with Crippen LogP contribution in [0.4, 0.5) is 0 Å². The molecule has 0 spiro atoms. The van der Waals surface area contributed by atoms with Gasteiger partial charge in [-0.15, -0.1) is 11.3 Å². The van der Waals surface area contributed by atoms with Crippen LogP contribution in [0, 0.1) is 0 Å². The maximum Gasteiger partial charge on any atom is 0.263 e. The Labute approximate surface area is 143 Å². The summed E-state index contributed by atoms with van der Waals surface area (Å²) in [6.07, 6.45) is 0. The first-order valence-electron chi connectivity index (χ1n) is 7.42. The molecule has 0 bridgehead atoms. The molecule has 0 saturated carbocycles. The van der Waals surface area contributed by atoms with Crippen LogP contribution in [-0.4, -0.2) is 49.1 Å². The Bertz CT molecular complexity index is 740. The number of carbonyl (C=O) groups excluding carboxylic acids is 2. The zero-order valence-electron chi connectivity index (χ0n) is 12.7. The molecule has 3 rings (SSSR count). The lowest BCUT2D eigenvalue weighted by atomic mass is 10.2. The zero-order chi connectivity index (χ0) is 16.4. The van der Waals surface area contributed by atoms with E-state index in [2.05, 4.69) is 5.32 Å². The Morgan fingerprint density at radius 1 is 1.30 bits per heavy atom. The van der Waals surface area contributed by atoms with Gasteiger partial charge in [-0.25, -0.2) is 0 Å². The van der Waals surface area contributed by atoms with Crippen molar-refractivity contribution >= 4 is 44.8 Å². The molecule has 2 aromatic rings. The smallest absolute Gasteiger partial charge is 0.263 e. The van der Waals surface area contributed by atoms with Crippen LogP contribution in [0.25, 0.3) is 10.1 Å². The van der Waals surface area contributed by atoms with E-state index in [0.29, 0.717) is 36.2 Å². The van der Waals surface area contributed by atoms with E-state index in [1.165, 1.54) is 11.3 Å². The highest BCUT2D eigenvalue weighted by molar-refractivity contribution is 7.21. The third kappa shape index (κ3) is 3.34. The number of thiophene rings is 1. The van der Waals surface area contributed by atoms with Crippen molar-refractivity contribution in [1.82, 2.24) is 10.2 Å². The summed E-state index contributed by atoms with van der Waals surface area (Å²) in [6, 6.07) is 6.99. The van der Waals surface area contributed by atoms with Crippen LogP contribution in [0.5, 0.6) is 0 Å². The number of hydrogen-bond acceptors (Lipinski definition) is 4. The number of hydrogen-bond donors (Lipinski definition) is 1. The summed E-state index contributed by atoms with van der Waals surface area (Å²) >= 11 is 7.63. The molecule has 2 heterocycles. The van der Waals surface area contributed by atoms with Gasteiger partial charge in [0.05, 0.1) is 18.2 Å². The third-order valence-corrected chi connectivity index (χ3v) is 5.46. The number of nitrogens with one attached hydrogen (secondary N) is 1. The van der Waals surface area contributed by atoms with E-state index in [4.69, 9.17) is 16.3 Å². The number of morpholine rings is 1. The van der Waals surface area contributed by atoms with Gasteiger partial charge in [-0.2, -0.15) is 0 Å². The van der Waals surface area contributed by atoms with Gasteiger partial charge in [0.25, 0.3) is 5.91 Å². The first kappa shape index (κ1) is 16.2. The van der Waals surface area contributed by atoms with Crippen molar-refractivity contribution in [2.24, 2.45) is 0 Å². The molecule has 1 aromatic carbocycles. The van der Waals surface area contributed by atoms with Crippen LogP contribution in [0.3, 0.4) is 0 Å². The van der Waals surface area contributed by atoms with Crippen molar-refractivity contribution in [3.63, 3.8) is 0 Å². The van der Waals surface area contributed by atoms with Gasteiger partial charge in [0.2, 0.25) is 5.91 Å². The average molecular weight is 353 g/mol. The summed E-state index contributed by atoms with van der Waals surface area (Å²) in [4.78, 5) is 26.9. The molecule has 1 atom stereocenters. The summed E-state index contributed by atoms with van der Waals surface area (Å²) in [6.45, 7) is 3.88. The van der Waals surface area contributed by atoms with Crippen LogP contribution in [0.1, 0.15) is 16.6 Å². The number of fused-ring (bicyclic) bond motifs is 1. The minimum atomic E-state index is -0.595. The van der Waals surface area contributed by atoms with Crippen molar-refractivity contribution in [1.29, 1.82) is 0 Å². The second-order valence-electron chi connectivity index (χ2n) is 5.37. The van der Waals surface area contributed by atoms with E-state index in [1.54, 1.807) is 11.8 Å². The second kappa shape index (κ2) is 6.86. The number of nitrogens with zero attached hydrogens (tertiary/aromatic N) is 1. The van der Waals surface area contributed by atoms with Crippen molar-refractivity contribution < 1.29 is 14.3 Å². The lowest BCUT2D eigenvalue weighted by Gasteiger charge is -2.29. The van der Waals surface area contributed by atoms with E-state index in [9.17, 15) is 9.59 Å². The first-order chi connectivity index (χ1) is 11.1. The van der Waals surface area contributed by atoms with Gasteiger partial charge in [0, 0.05) is 23.2 Å². The monoisotopic (exact) mass is 352 g/mol. The molecule has 0 radical (unpaired) electrons. The Hall–Kier alpha value is -1.63. The lowest BCUT2D eigenvalue weighted by molar-refractivity contribution is -0.136. The van der Waals surface area contributed by atoms with E-state index in [1.807, 2.05) is 24.3 Å². The zero-order valence-corrected chi connectivity index (χ0v) is 14.2. The topological polar surface area (TPSA) is 58.6 Å². The quantitative estimate of drug-likeness (QED) is 0.923. The Kier molecular flexibility index (Phi) is 4.84. The van der Waals surface area contributed by atoms with E-state index in [-0.39, 0.29) is 11.8 Å². The molecule has 23 heavy (non-hydrogen) atoms. The maximum absolute atomic E-state index is 12.5. The predicted molar refractivity (Wildman–Crippen MR) is 91.2 cm³/mol. The molecule has 1 aliphatic heterocycles. The largest absolute Gasteiger partial charge is 0.378 e. The van der Waals surface area contributed by atoms with Crippen LogP contribution >= 0.6 is 22.9 Å². The Balaban J connectivity index is 1.72. The summed E-state index contributed by atoms with van der Waals surface area (Å²) in [5.74, 6) is -0.413. The molecule has 7 heteroatoms. The van der Waals surface area contributed by atoms with Crippen LogP contribution in [0.15, 0.2) is 24.3 Å². The summed E-state index contributed by atoms with van der Waals surface area (Å²) in [5.41, 5.74) is 0.